The van der Waals surface area contributed by atoms with Crippen molar-refractivity contribution in [3.05, 3.63) is 90.6 Å². The lowest BCUT2D eigenvalue weighted by atomic mass is 10.1. The van der Waals surface area contributed by atoms with Gasteiger partial charge in [-0.05, 0) is 24.3 Å². The Bertz CT molecular complexity index is 1280. The molecule has 1 fully saturated rings. The summed E-state index contributed by atoms with van der Waals surface area (Å²) in [7, 11) is 0. The van der Waals surface area contributed by atoms with Crippen molar-refractivity contribution in [2.24, 2.45) is 0 Å². The van der Waals surface area contributed by atoms with E-state index in [1.807, 2.05) is 53.4 Å². The summed E-state index contributed by atoms with van der Waals surface area (Å²) in [6.45, 7) is 2.50. The highest BCUT2D eigenvalue weighted by molar-refractivity contribution is 6.08. The molecular formula is C26H24N4O3. The van der Waals surface area contributed by atoms with Gasteiger partial charge in [-0.25, -0.2) is 0 Å². The van der Waals surface area contributed by atoms with E-state index in [0.717, 1.165) is 16.5 Å². The first kappa shape index (κ1) is 20.8. The lowest BCUT2D eigenvalue weighted by molar-refractivity contribution is -0.131. The molecule has 1 saturated heterocycles. The normalized spacial score (nSPS) is 13.8. The molecule has 2 aromatic heterocycles. The highest BCUT2D eigenvalue weighted by atomic mass is 16.3. The van der Waals surface area contributed by atoms with Crippen LogP contribution >= 0.6 is 0 Å². The van der Waals surface area contributed by atoms with Crippen LogP contribution in [0, 0.1) is 0 Å². The molecule has 3 heterocycles. The van der Waals surface area contributed by atoms with Crippen molar-refractivity contribution in [2.45, 2.75) is 6.42 Å². The Labute approximate surface area is 191 Å². The molecule has 5 rings (SSSR count). The molecule has 0 unspecified atom stereocenters. The number of benzene rings is 2. The fourth-order valence-corrected chi connectivity index (χ4v) is 4.21. The van der Waals surface area contributed by atoms with Crippen LogP contribution in [0.2, 0.25) is 0 Å². The number of piperazine rings is 1. The summed E-state index contributed by atoms with van der Waals surface area (Å²) in [4.78, 5) is 33.8. The van der Waals surface area contributed by atoms with E-state index >= 15 is 0 Å². The average Bonchev–Trinajstić information content (AvgIpc) is 3.27. The average molecular weight is 441 g/mol. The number of nitrogens with one attached hydrogen (secondary N) is 1. The molecule has 0 radical (unpaired) electrons. The first-order valence-corrected chi connectivity index (χ1v) is 11.0. The molecule has 0 spiro atoms. The van der Waals surface area contributed by atoms with E-state index in [0.29, 0.717) is 43.2 Å². The topological polar surface area (TPSA) is 78.7 Å². The smallest absolute Gasteiger partial charge is 0.257 e. The van der Waals surface area contributed by atoms with Crippen molar-refractivity contribution in [2.75, 3.05) is 36.4 Å². The zero-order chi connectivity index (χ0) is 22.6. The SMILES string of the molecule is O=C(Nc1ccncc1)c1ccccc1N1CCN(C(=O)Cc2occ3ccccc23)CC1. The summed E-state index contributed by atoms with van der Waals surface area (Å²) in [5.41, 5.74) is 2.18. The molecule has 2 aromatic carbocycles. The van der Waals surface area contributed by atoms with Gasteiger partial charge in [0.25, 0.3) is 5.91 Å². The van der Waals surface area contributed by atoms with E-state index in [1.54, 1.807) is 30.8 Å². The lowest BCUT2D eigenvalue weighted by Crippen LogP contribution is -2.49. The van der Waals surface area contributed by atoms with Crippen molar-refractivity contribution < 1.29 is 14.0 Å². The summed E-state index contributed by atoms with van der Waals surface area (Å²) < 4.78 is 5.65. The molecule has 0 saturated carbocycles. The fourth-order valence-electron chi connectivity index (χ4n) is 4.21. The molecular weight excluding hydrogens is 416 g/mol. The zero-order valence-electron chi connectivity index (χ0n) is 18.1. The molecule has 2 amide bonds. The summed E-state index contributed by atoms with van der Waals surface area (Å²) in [6.07, 6.45) is 5.23. The van der Waals surface area contributed by atoms with Crippen molar-refractivity contribution in [1.29, 1.82) is 0 Å². The lowest BCUT2D eigenvalue weighted by Gasteiger charge is -2.36. The van der Waals surface area contributed by atoms with Crippen LogP contribution in [-0.2, 0) is 11.2 Å². The molecule has 1 aliphatic heterocycles. The molecule has 4 aromatic rings. The molecule has 1 aliphatic rings. The number of para-hydroxylation sites is 1. The zero-order valence-corrected chi connectivity index (χ0v) is 18.1. The van der Waals surface area contributed by atoms with Gasteiger partial charge in [-0.3, -0.25) is 14.6 Å². The Morgan fingerprint density at radius 2 is 1.64 bits per heavy atom. The molecule has 166 valence electrons. The van der Waals surface area contributed by atoms with E-state index < -0.39 is 0 Å². The van der Waals surface area contributed by atoms with Crippen LogP contribution in [0.3, 0.4) is 0 Å². The number of hydrogen-bond acceptors (Lipinski definition) is 5. The van der Waals surface area contributed by atoms with Gasteiger partial charge in [0.2, 0.25) is 5.91 Å². The van der Waals surface area contributed by atoms with Gasteiger partial charge in [0, 0.05) is 60.7 Å². The Hall–Kier alpha value is -4.13. The quantitative estimate of drug-likeness (QED) is 0.508. The number of hydrogen-bond donors (Lipinski definition) is 1. The maximum Gasteiger partial charge on any atom is 0.257 e. The second-order valence-corrected chi connectivity index (χ2v) is 8.00. The van der Waals surface area contributed by atoms with Crippen LogP contribution in [0.25, 0.3) is 10.8 Å². The Balaban J connectivity index is 1.24. The fraction of sp³-hybridized carbons (Fsp3) is 0.192. The van der Waals surface area contributed by atoms with Gasteiger partial charge in [-0.1, -0.05) is 36.4 Å². The number of aromatic nitrogens is 1. The molecule has 0 aliphatic carbocycles. The van der Waals surface area contributed by atoms with Gasteiger partial charge in [0.1, 0.15) is 5.76 Å². The third-order valence-corrected chi connectivity index (χ3v) is 5.96. The number of carbonyl (C=O) groups excluding carboxylic acids is 2. The number of pyridine rings is 1. The maximum absolute atomic E-state index is 12.9. The molecule has 0 bridgehead atoms. The van der Waals surface area contributed by atoms with Crippen LogP contribution in [-0.4, -0.2) is 47.9 Å². The van der Waals surface area contributed by atoms with Gasteiger partial charge in [-0.2, -0.15) is 0 Å². The van der Waals surface area contributed by atoms with Crippen LogP contribution in [0.15, 0.2) is 83.7 Å². The first-order chi connectivity index (χ1) is 16.2. The minimum atomic E-state index is -0.167. The Morgan fingerprint density at radius 3 is 2.45 bits per heavy atom. The summed E-state index contributed by atoms with van der Waals surface area (Å²) in [5.74, 6) is 0.592. The third kappa shape index (κ3) is 4.43. The monoisotopic (exact) mass is 440 g/mol. The summed E-state index contributed by atoms with van der Waals surface area (Å²) >= 11 is 0. The maximum atomic E-state index is 12.9. The molecule has 33 heavy (non-hydrogen) atoms. The van der Waals surface area contributed by atoms with Crippen molar-refractivity contribution in [1.82, 2.24) is 9.88 Å². The van der Waals surface area contributed by atoms with Crippen LogP contribution in [0.1, 0.15) is 16.1 Å². The van der Waals surface area contributed by atoms with Crippen LogP contribution < -0.4 is 10.2 Å². The third-order valence-electron chi connectivity index (χ3n) is 5.96. The number of anilines is 2. The summed E-state index contributed by atoms with van der Waals surface area (Å²) in [6, 6.07) is 18.9. The number of fused-ring (bicyclic) bond motifs is 1. The Kier molecular flexibility index (Phi) is 5.76. The van der Waals surface area contributed by atoms with Crippen molar-refractivity contribution in [3.63, 3.8) is 0 Å². The van der Waals surface area contributed by atoms with Crippen molar-refractivity contribution >= 4 is 34.0 Å². The number of amides is 2. The van der Waals surface area contributed by atoms with Gasteiger partial charge >= 0.3 is 0 Å². The predicted molar refractivity (Wildman–Crippen MR) is 127 cm³/mol. The number of carbonyl (C=O) groups is 2. The van der Waals surface area contributed by atoms with Gasteiger partial charge in [-0.15, -0.1) is 0 Å². The van der Waals surface area contributed by atoms with Crippen LogP contribution in [0.4, 0.5) is 11.4 Å². The van der Waals surface area contributed by atoms with Crippen molar-refractivity contribution in [3.8, 4) is 0 Å². The highest BCUT2D eigenvalue weighted by Crippen LogP contribution is 2.25. The van der Waals surface area contributed by atoms with E-state index in [-0.39, 0.29) is 18.2 Å². The molecule has 1 N–H and O–H groups in total. The largest absolute Gasteiger partial charge is 0.468 e. The molecule has 7 heteroatoms. The van der Waals surface area contributed by atoms with E-state index in [2.05, 4.69) is 15.2 Å². The number of furan rings is 1. The molecule has 0 atom stereocenters. The minimum absolute atomic E-state index is 0.0541. The van der Waals surface area contributed by atoms with Gasteiger partial charge in [0.05, 0.1) is 18.2 Å². The van der Waals surface area contributed by atoms with E-state index in [1.165, 1.54) is 0 Å². The second kappa shape index (κ2) is 9.16. The van der Waals surface area contributed by atoms with Gasteiger partial charge < -0.3 is 19.5 Å². The van der Waals surface area contributed by atoms with E-state index in [9.17, 15) is 9.59 Å². The number of nitrogens with zero attached hydrogens (tertiary/aromatic N) is 3. The first-order valence-electron chi connectivity index (χ1n) is 11.0. The predicted octanol–water partition coefficient (Wildman–Crippen LogP) is 3.97. The highest BCUT2D eigenvalue weighted by Gasteiger charge is 2.25. The molecule has 7 nitrogen and oxygen atoms in total. The standard InChI is InChI=1S/C26H24N4O3/c31-25(17-24-21-6-2-1-5-19(21)18-33-24)30-15-13-29(14-16-30)23-8-4-3-7-22(23)26(32)28-20-9-11-27-12-10-20/h1-12,18H,13-17H2,(H,27,28,32). The summed E-state index contributed by atoms with van der Waals surface area (Å²) in [5, 5.41) is 4.91. The second-order valence-electron chi connectivity index (χ2n) is 8.00. The van der Waals surface area contributed by atoms with Crippen LogP contribution in [0.5, 0.6) is 0 Å². The van der Waals surface area contributed by atoms with E-state index in [4.69, 9.17) is 4.42 Å². The van der Waals surface area contributed by atoms with Gasteiger partial charge in [0.15, 0.2) is 0 Å². The minimum Gasteiger partial charge on any atom is -0.468 e. The Morgan fingerprint density at radius 1 is 0.909 bits per heavy atom. The number of rotatable bonds is 5.